The molecule has 0 aliphatic carbocycles. The van der Waals surface area contributed by atoms with E-state index in [0.29, 0.717) is 11.7 Å². The maximum absolute atomic E-state index is 10.9. The van der Waals surface area contributed by atoms with Crippen LogP contribution in [-0.4, -0.2) is 39.3 Å². The molecule has 6 heteroatoms. The van der Waals surface area contributed by atoms with Gasteiger partial charge in [0.25, 0.3) is 0 Å². The lowest BCUT2D eigenvalue weighted by Gasteiger charge is -2.11. The predicted molar refractivity (Wildman–Crippen MR) is 62.9 cm³/mol. The molecule has 1 fully saturated rings. The van der Waals surface area contributed by atoms with E-state index in [2.05, 4.69) is 15.5 Å². The number of aromatic nitrogens is 2. The van der Waals surface area contributed by atoms with E-state index in [1.165, 1.54) is 24.4 Å². The summed E-state index contributed by atoms with van der Waals surface area (Å²) in [5, 5.41) is 19.5. The van der Waals surface area contributed by atoms with E-state index >= 15 is 0 Å². The van der Waals surface area contributed by atoms with Crippen LogP contribution in [0.1, 0.15) is 16.8 Å². The molecule has 2 N–H and O–H groups in total. The first kappa shape index (κ1) is 11.2. The molecule has 2 heterocycles. The number of carbonyl (C=O) groups is 1. The van der Waals surface area contributed by atoms with Crippen LogP contribution < -0.4 is 5.32 Å². The van der Waals surface area contributed by atoms with Gasteiger partial charge in [0.2, 0.25) is 0 Å². The lowest BCUT2D eigenvalue weighted by Crippen LogP contribution is -2.17. The SMILES string of the molecule is O=C(O)c1ccnnc1NCC1CCSC1. The molecule has 1 aliphatic rings. The van der Waals surface area contributed by atoms with Gasteiger partial charge in [0.05, 0.1) is 6.20 Å². The molecule has 0 radical (unpaired) electrons. The van der Waals surface area contributed by atoms with Crippen molar-refractivity contribution in [1.29, 1.82) is 0 Å². The number of carboxylic acids is 1. The summed E-state index contributed by atoms with van der Waals surface area (Å²) in [4.78, 5) is 10.9. The van der Waals surface area contributed by atoms with Crippen LogP contribution in [0.2, 0.25) is 0 Å². The van der Waals surface area contributed by atoms with E-state index in [-0.39, 0.29) is 5.56 Å². The molecule has 1 atom stereocenters. The molecule has 0 amide bonds. The predicted octanol–water partition coefficient (Wildman–Crippen LogP) is 1.34. The van der Waals surface area contributed by atoms with E-state index in [1.807, 2.05) is 11.8 Å². The fraction of sp³-hybridized carbons (Fsp3) is 0.500. The Kier molecular flexibility index (Phi) is 3.61. The van der Waals surface area contributed by atoms with Gasteiger partial charge in [0.15, 0.2) is 5.82 Å². The molecule has 1 aromatic rings. The molecule has 1 saturated heterocycles. The summed E-state index contributed by atoms with van der Waals surface area (Å²) in [7, 11) is 0. The van der Waals surface area contributed by atoms with Gasteiger partial charge in [-0.2, -0.15) is 16.9 Å². The molecule has 0 bridgehead atoms. The molecular weight excluding hydrogens is 226 g/mol. The van der Waals surface area contributed by atoms with Crippen molar-refractivity contribution in [1.82, 2.24) is 10.2 Å². The molecule has 5 nitrogen and oxygen atoms in total. The Labute approximate surface area is 97.7 Å². The zero-order valence-corrected chi connectivity index (χ0v) is 9.54. The Morgan fingerprint density at radius 1 is 1.69 bits per heavy atom. The molecule has 0 saturated carbocycles. The first-order valence-electron chi connectivity index (χ1n) is 5.14. The van der Waals surface area contributed by atoms with Gasteiger partial charge in [-0.25, -0.2) is 4.79 Å². The van der Waals surface area contributed by atoms with Crippen LogP contribution >= 0.6 is 11.8 Å². The largest absolute Gasteiger partial charge is 0.478 e. The first-order valence-corrected chi connectivity index (χ1v) is 6.29. The van der Waals surface area contributed by atoms with Crippen LogP contribution in [0.15, 0.2) is 12.3 Å². The van der Waals surface area contributed by atoms with Crippen molar-refractivity contribution in [2.24, 2.45) is 5.92 Å². The third kappa shape index (κ3) is 2.63. The van der Waals surface area contributed by atoms with E-state index < -0.39 is 5.97 Å². The number of nitrogens with one attached hydrogen (secondary N) is 1. The summed E-state index contributed by atoms with van der Waals surface area (Å²) in [5.74, 6) is 2.33. The molecule has 16 heavy (non-hydrogen) atoms. The van der Waals surface area contributed by atoms with E-state index in [0.717, 1.165) is 12.3 Å². The Morgan fingerprint density at radius 2 is 2.56 bits per heavy atom. The van der Waals surface area contributed by atoms with Crippen molar-refractivity contribution in [3.05, 3.63) is 17.8 Å². The highest BCUT2D eigenvalue weighted by Crippen LogP contribution is 2.23. The van der Waals surface area contributed by atoms with Crippen molar-refractivity contribution in [3.63, 3.8) is 0 Å². The second-order valence-corrected chi connectivity index (χ2v) is 4.86. The highest BCUT2D eigenvalue weighted by molar-refractivity contribution is 7.99. The van der Waals surface area contributed by atoms with Crippen LogP contribution in [0, 0.1) is 5.92 Å². The van der Waals surface area contributed by atoms with Crippen LogP contribution in [0.5, 0.6) is 0 Å². The molecule has 1 unspecified atom stereocenters. The number of rotatable bonds is 4. The van der Waals surface area contributed by atoms with Gasteiger partial charge in [-0.3, -0.25) is 0 Å². The molecule has 0 spiro atoms. The van der Waals surface area contributed by atoms with Gasteiger partial charge in [0, 0.05) is 6.54 Å². The number of anilines is 1. The summed E-state index contributed by atoms with van der Waals surface area (Å²) in [6, 6.07) is 1.46. The highest BCUT2D eigenvalue weighted by atomic mass is 32.2. The fourth-order valence-electron chi connectivity index (χ4n) is 1.62. The van der Waals surface area contributed by atoms with Gasteiger partial charge < -0.3 is 10.4 Å². The zero-order valence-electron chi connectivity index (χ0n) is 8.72. The number of aromatic carboxylic acids is 1. The second-order valence-electron chi connectivity index (χ2n) is 3.71. The molecule has 1 aromatic heterocycles. The van der Waals surface area contributed by atoms with Crippen molar-refractivity contribution in [3.8, 4) is 0 Å². The normalized spacial score (nSPS) is 19.6. The first-order chi connectivity index (χ1) is 7.77. The third-order valence-corrected chi connectivity index (χ3v) is 3.76. The quantitative estimate of drug-likeness (QED) is 0.826. The molecule has 2 rings (SSSR count). The van der Waals surface area contributed by atoms with Gasteiger partial charge in [-0.15, -0.1) is 5.10 Å². The summed E-state index contributed by atoms with van der Waals surface area (Å²) < 4.78 is 0. The highest BCUT2D eigenvalue weighted by Gasteiger charge is 2.17. The summed E-state index contributed by atoms with van der Waals surface area (Å²) in [5.41, 5.74) is 0.181. The Hall–Kier alpha value is -1.30. The van der Waals surface area contributed by atoms with Crippen molar-refractivity contribution < 1.29 is 9.90 Å². The van der Waals surface area contributed by atoms with E-state index in [1.54, 1.807) is 0 Å². The number of hydrogen-bond donors (Lipinski definition) is 2. The van der Waals surface area contributed by atoms with Crippen LogP contribution in [0.4, 0.5) is 5.82 Å². The Bertz CT molecular complexity index is 380. The summed E-state index contributed by atoms with van der Waals surface area (Å²) >= 11 is 1.94. The fourth-order valence-corrected chi connectivity index (χ4v) is 2.90. The monoisotopic (exact) mass is 239 g/mol. The topological polar surface area (TPSA) is 75.1 Å². The lowest BCUT2D eigenvalue weighted by atomic mass is 10.1. The minimum absolute atomic E-state index is 0.181. The lowest BCUT2D eigenvalue weighted by molar-refractivity contribution is 0.0697. The van der Waals surface area contributed by atoms with Gasteiger partial charge >= 0.3 is 5.97 Å². The minimum Gasteiger partial charge on any atom is -0.478 e. The number of nitrogens with zero attached hydrogens (tertiary/aromatic N) is 2. The molecule has 86 valence electrons. The number of thioether (sulfide) groups is 1. The standard InChI is InChI=1S/C10H13N3O2S/c14-10(15)8-1-3-12-13-9(8)11-5-7-2-4-16-6-7/h1,3,7H,2,4-6H2,(H,11,13)(H,14,15). The smallest absolute Gasteiger partial charge is 0.339 e. The van der Waals surface area contributed by atoms with Gasteiger partial charge in [-0.05, 0) is 29.9 Å². The summed E-state index contributed by atoms with van der Waals surface area (Å²) in [6.07, 6.45) is 2.57. The average Bonchev–Trinajstić information content (AvgIpc) is 2.79. The van der Waals surface area contributed by atoms with Crippen LogP contribution in [-0.2, 0) is 0 Å². The van der Waals surface area contributed by atoms with Crippen LogP contribution in [0.3, 0.4) is 0 Å². The Morgan fingerprint density at radius 3 is 3.25 bits per heavy atom. The van der Waals surface area contributed by atoms with Crippen LogP contribution in [0.25, 0.3) is 0 Å². The molecular formula is C10H13N3O2S. The van der Waals surface area contributed by atoms with Gasteiger partial charge in [-0.1, -0.05) is 0 Å². The molecule has 1 aliphatic heterocycles. The second kappa shape index (κ2) is 5.16. The van der Waals surface area contributed by atoms with E-state index in [4.69, 9.17) is 5.11 Å². The number of carboxylic acid groups (broad SMARTS) is 1. The van der Waals surface area contributed by atoms with Crippen molar-refractivity contribution in [2.45, 2.75) is 6.42 Å². The summed E-state index contributed by atoms with van der Waals surface area (Å²) in [6.45, 7) is 0.770. The molecule has 0 aromatic carbocycles. The van der Waals surface area contributed by atoms with Crippen molar-refractivity contribution in [2.75, 3.05) is 23.4 Å². The minimum atomic E-state index is -0.974. The Balaban J connectivity index is 2.00. The van der Waals surface area contributed by atoms with Crippen molar-refractivity contribution >= 4 is 23.5 Å². The van der Waals surface area contributed by atoms with E-state index in [9.17, 15) is 4.79 Å². The zero-order chi connectivity index (χ0) is 11.4. The maximum atomic E-state index is 10.9. The maximum Gasteiger partial charge on any atom is 0.339 e. The van der Waals surface area contributed by atoms with Gasteiger partial charge in [0.1, 0.15) is 5.56 Å². The average molecular weight is 239 g/mol. The number of hydrogen-bond acceptors (Lipinski definition) is 5. The third-order valence-electron chi connectivity index (χ3n) is 2.53.